The third kappa shape index (κ3) is 9.57. The summed E-state index contributed by atoms with van der Waals surface area (Å²) >= 11 is 11.6. The van der Waals surface area contributed by atoms with Crippen molar-refractivity contribution in [1.82, 2.24) is 21.3 Å². The Bertz CT molecular complexity index is 1650. The van der Waals surface area contributed by atoms with E-state index in [2.05, 4.69) is 203 Å². The van der Waals surface area contributed by atoms with Gasteiger partial charge in [0.15, 0.2) is 0 Å². The van der Waals surface area contributed by atoms with Crippen molar-refractivity contribution < 1.29 is 0 Å². The number of nitrogens with one attached hydrogen (secondary N) is 4. The molecule has 0 radical (unpaired) electrons. The molecule has 0 bridgehead atoms. The van der Waals surface area contributed by atoms with Crippen LogP contribution in [0.25, 0.3) is 0 Å². The summed E-state index contributed by atoms with van der Waals surface area (Å²) in [5, 5.41) is 14.9. The molecule has 0 aliphatic carbocycles. The van der Waals surface area contributed by atoms with Crippen LogP contribution in [0.1, 0.15) is 59.1 Å². The Balaban J connectivity index is 0.967. The second kappa shape index (κ2) is 19.9. The molecule has 4 nitrogen and oxygen atoms in total. The average Bonchev–Trinajstić information content (AvgIpc) is 3.24. The number of unbranched alkanes of at least 4 members (excludes halogenated alkanes) is 1. The molecule has 0 unspecified atom stereocenters. The van der Waals surface area contributed by atoms with Crippen LogP contribution in [0.4, 0.5) is 0 Å². The third-order valence-electron chi connectivity index (χ3n) is 9.97. The highest BCUT2D eigenvalue weighted by atomic mass is 32.1. The zero-order chi connectivity index (χ0) is 37.3. The molecular formula is C48H50N4S2. The summed E-state index contributed by atoms with van der Waals surface area (Å²) in [7, 11) is 0. The van der Waals surface area contributed by atoms with Gasteiger partial charge >= 0.3 is 0 Å². The lowest BCUT2D eigenvalue weighted by Crippen LogP contribution is -2.46. The smallest absolute Gasteiger partial charge is 0.0948 e. The third-order valence-corrected chi connectivity index (χ3v) is 10.7. The summed E-state index contributed by atoms with van der Waals surface area (Å²) in [6.45, 7) is 3.14. The molecule has 6 aromatic carbocycles. The van der Waals surface area contributed by atoms with E-state index in [4.69, 9.17) is 24.4 Å². The van der Waals surface area contributed by atoms with Crippen LogP contribution in [-0.2, 0) is 11.1 Å². The minimum absolute atomic E-state index is 0.495. The lowest BCUT2D eigenvalue weighted by Gasteiger charge is -2.37. The van der Waals surface area contributed by atoms with Gasteiger partial charge in [-0.15, -0.1) is 0 Å². The number of benzene rings is 6. The Kier molecular flexibility index (Phi) is 14.3. The molecule has 6 aromatic rings. The molecule has 0 amide bonds. The summed E-state index contributed by atoms with van der Waals surface area (Å²) < 4.78 is 0. The highest BCUT2D eigenvalue weighted by molar-refractivity contribution is 7.80. The van der Waals surface area contributed by atoms with E-state index in [1.54, 1.807) is 0 Å². The van der Waals surface area contributed by atoms with Gasteiger partial charge < -0.3 is 10.6 Å². The summed E-state index contributed by atoms with van der Waals surface area (Å²) in [5.74, 6) is 0. The molecule has 0 saturated heterocycles. The molecule has 0 atom stereocenters. The van der Waals surface area contributed by atoms with Gasteiger partial charge in [0.25, 0.3) is 0 Å². The van der Waals surface area contributed by atoms with Crippen molar-refractivity contribution >= 4 is 34.4 Å². The molecule has 0 aliphatic heterocycles. The van der Waals surface area contributed by atoms with Crippen LogP contribution in [0.2, 0.25) is 0 Å². The lowest BCUT2D eigenvalue weighted by molar-refractivity contribution is 0.480. The van der Waals surface area contributed by atoms with Crippen molar-refractivity contribution in [2.24, 2.45) is 0 Å². The van der Waals surface area contributed by atoms with Gasteiger partial charge in [-0.3, -0.25) is 10.6 Å². The molecule has 0 spiro atoms. The largest absolute Gasteiger partial charge is 0.380 e. The van der Waals surface area contributed by atoms with Crippen molar-refractivity contribution in [3.05, 3.63) is 215 Å². The van der Waals surface area contributed by atoms with E-state index in [1.165, 1.54) is 33.4 Å². The molecule has 0 aliphatic rings. The van der Waals surface area contributed by atoms with Crippen LogP contribution in [0.3, 0.4) is 0 Å². The highest BCUT2D eigenvalue weighted by Crippen LogP contribution is 2.38. The van der Waals surface area contributed by atoms with E-state index in [1.807, 2.05) is 0 Å². The minimum atomic E-state index is -0.495. The standard InChI is InChI=1S/C48H50N4S2/c53-45(33-37-51-47(39-21-7-1-8-22-39,40-23-9-2-10-24-40)41-25-11-3-12-26-41)49-35-19-20-36-50-46(54)34-38-52-48(42-27-13-4-14-28-42,43-29-15-5-16-30-43)44-31-17-6-18-32-44/h1-18,21-32,51-52H,19-20,33-38H2,(H,49,53)(H,50,54). The van der Waals surface area contributed by atoms with Crippen LogP contribution >= 0.6 is 24.4 Å². The van der Waals surface area contributed by atoms with Crippen LogP contribution in [0, 0.1) is 0 Å². The monoisotopic (exact) mass is 746 g/mol. The summed E-state index contributed by atoms with van der Waals surface area (Å²) in [6, 6.07) is 64.1. The number of thiocarbonyl (C=S) groups is 2. The maximum absolute atomic E-state index is 5.80. The number of rotatable bonds is 19. The second-order valence-electron chi connectivity index (χ2n) is 13.5. The first-order chi connectivity index (χ1) is 26.6. The molecule has 274 valence electrons. The molecule has 6 rings (SSSR count). The van der Waals surface area contributed by atoms with Crippen LogP contribution in [-0.4, -0.2) is 36.2 Å². The predicted molar refractivity (Wildman–Crippen MR) is 234 cm³/mol. The van der Waals surface area contributed by atoms with Gasteiger partial charge in [0.1, 0.15) is 0 Å². The normalized spacial score (nSPS) is 11.5. The minimum Gasteiger partial charge on any atom is -0.380 e. The summed E-state index contributed by atoms with van der Waals surface area (Å²) in [5.41, 5.74) is 6.21. The first-order valence-electron chi connectivity index (χ1n) is 19.0. The molecule has 0 aromatic heterocycles. The molecule has 0 saturated carbocycles. The van der Waals surface area contributed by atoms with Gasteiger partial charge in [0.05, 0.1) is 21.1 Å². The van der Waals surface area contributed by atoms with Crippen LogP contribution < -0.4 is 21.3 Å². The van der Waals surface area contributed by atoms with Gasteiger partial charge in [-0.05, 0) is 46.2 Å². The van der Waals surface area contributed by atoms with Crippen molar-refractivity contribution in [2.75, 3.05) is 26.2 Å². The maximum atomic E-state index is 5.80. The molecule has 4 N–H and O–H groups in total. The van der Waals surface area contributed by atoms with E-state index in [9.17, 15) is 0 Å². The Morgan fingerprint density at radius 2 is 0.556 bits per heavy atom. The van der Waals surface area contributed by atoms with Crippen molar-refractivity contribution in [1.29, 1.82) is 0 Å². The van der Waals surface area contributed by atoms with E-state index < -0.39 is 11.1 Å². The van der Waals surface area contributed by atoms with Crippen LogP contribution in [0.5, 0.6) is 0 Å². The first kappa shape index (κ1) is 38.7. The molecule has 0 heterocycles. The quantitative estimate of drug-likeness (QED) is 0.0377. The van der Waals surface area contributed by atoms with E-state index in [0.29, 0.717) is 0 Å². The molecule has 6 heteroatoms. The Labute approximate surface area is 332 Å². The predicted octanol–water partition coefficient (Wildman–Crippen LogP) is 9.54. The average molecular weight is 747 g/mol. The van der Waals surface area contributed by atoms with Gasteiger partial charge in [0, 0.05) is 39.0 Å². The van der Waals surface area contributed by atoms with E-state index >= 15 is 0 Å². The van der Waals surface area contributed by atoms with Gasteiger partial charge in [0.2, 0.25) is 0 Å². The SMILES string of the molecule is S=C(CCNC(c1ccccc1)(c1ccccc1)c1ccccc1)NCCCCNC(=S)CCNC(c1ccccc1)(c1ccccc1)c1ccccc1. The van der Waals surface area contributed by atoms with Crippen LogP contribution in [0.15, 0.2) is 182 Å². The van der Waals surface area contributed by atoms with Crippen molar-refractivity contribution in [3.8, 4) is 0 Å². The topological polar surface area (TPSA) is 48.1 Å². The Hall–Kier alpha value is -4.98. The Morgan fingerprint density at radius 3 is 0.778 bits per heavy atom. The maximum Gasteiger partial charge on any atom is 0.0948 e. The van der Waals surface area contributed by atoms with E-state index in [-0.39, 0.29) is 0 Å². The highest BCUT2D eigenvalue weighted by Gasteiger charge is 2.36. The number of hydrogen-bond acceptors (Lipinski definition) is 4. The summed E-state index contributed by atoms with van der Waals surface area (Å²) in [4.78, 5) is 1.75. The fraction of sp³-hybridized carbons (Fsp3) is 0.208. The van der Waals surface area contributed by atoms with Gasteiger partial charge in [-0.1, -0.05) is 206 Å². The van der Waals surface area contributed by atoms with E-state index in [0.717, 1.165) is 61.8 Å². The molecule has 54 heavy (non-hydrogen) atoms. The van der Waals surface area contributed by atoms with Gasteiger partial charge in [-0.2, -0.15) is 0 Å². The fourth-order valence-electron chi connectivity index (χ4n) is 7.35. The number of hydrogen-bond donors (Lipinski definition) is 4. The van der Waals surface area contributed by atoms with Crippen molar-refractivity contribution in [2.45, 2.75) is 36.8 Å². The lowest BCUT2D eigenvalue weighted by atomic mass is 9.77. The molecule has 0 fully saturated rings. The van der Waals surface area contributed by atoms with Crippen molar-refractivity contribution in [3.63, 3.8) is 0 Å². The van der Waals surface area contributed by atoms with Gasteiger partial charge in [-0.25, -0.2) is 0 Å². The zero-order valence-electron chi connectivity index (χ0n) is 30.8. The second-order valence-corrected chi connectivity index (χ2v) is 14.4. The fourth-order valence-corrected chi connectivity index (χ4v) is 7.76. The Morgan fingerprint density at radius 1 is 0.333 bits per heavy atom. The zero-order valence-corrected chi connectivity index (χ0v) is 32.4. The summed E-state index contributed by atoms with van der Waals surface area (Å²) in [6.07, 6.45) is 3.50. The first-order valence-corrected chi connectivity index (χ1v) is 19.8. The molecular weight excluding hydrogens is 697 g/mol.